The van der Waals surface area contributed by atoms with Gasteiger partial charge in [-0.05, 0) is 81.6 Å². The van der Waals surface area contributed by atoms with Crippen LogP contribution in [0.1, 0.15) is 198 Å². The Morgan fingerprint density at radius 3 is 1.74 bits per heavy atom. The lowest BCUT2D eigenvalue weighted by Gasteiger charge is -2.22. The molecule has 1 aliphatic carbocycles. The Balaban J connectivity index is 0.952. The highest BCUT2D eigenvalue weighted by atomic mass is 16.7. The van der Waals surface area contributed by atoms with E-state index in [1.54, 1.807) is 0 Å². The SMILES string of the molecule is C1=C[C@H](CCCCCCCCCCCCCCCOC2CCCCO2)C[C@H]1C/C=C/CCCCCCCCCCCCOCc1ccccc1. The molecule has 50 heavy (non-hydrogen) atoms. The average molecular weight is 693 g/mol. The van der Waals surface area contributed by atoms with Crippen molar-refractivity contribution in [1.29, 1.82) is 0 Å². The van der Waals surface area contributed by atoms with Gasteiger partial charge in [0, 0.05) is 19.8 Å². The monoisotopic (exact) mass is 693 g/mol. The van der Waals surface area contributed by atoms with Gasteiger partial charge in [-0.3, -0.25) is 0 Å². The predicted octanol–water partition coefficient (Wildman–Crippen LogP) is 14.6. The lowest BCUT2D eigenvalue weighted by Crippen LogP contribution is -2.22. The van der Waals surface area contributed by atoms with Crippen molar-refractivity contribution in [1.82, 2.24) is 0 Å². The van der Waals surface area contributed by atoms with E-state index in [1.807, 2.05) is 0 Å². The molecule has 3 rings (SSSR count). The number of hydrogen-bond donors (Lipinski definition) is 0. The van der Waals surface area contributed by atoms with Crippen molar-refractivity contribution in [3.63, 3.8) is 0 Å². The molecular weight excluding hydrogens is 613 g/mol. The third kappa shape index (κ3) is 24.7. The minimum atomic E-state index is 0.0911. The number of allylic oxidation sites excluding steroid dienone is 4. The summed E-state index contributed by atoms with van der Waals surface area (Å²) in [6, 6.07) is 10.5. The van der Waals surface area contributed by atoms with Gasteiger partial charge in [0.25, 0.3) is 0 Å². The van der Waals surface area contributed by atoms with Crippen molar-refractivity contribution in [3.8, 4) is 0 Å². The predicted molar refractivity (Wildman–Crippen MR) is 216 cm³/mol. The minimum Gasteiger partial charge on any atom is -0.377 e. The van der Waals surface area contributed by atoms with Gasteiger partial charge in [-0.1, -0.05) is 183 Å². The van der Waals surface area contributed by atoms with Gasteiger partial charge in [0.05, 0.1) is 6.61 Å². The first-order valence-corrected chi connectivity index (χ1v) is 22.1. The Bertz CT molecular complexity index is 904. The smallest absolute Gasteiger partial charge is 0.157 e. The molecule has 1 aromatic carbocycles. The molecule has 3 atom stereocenters. The molecule has 1 saturated heterocycles. The Morgan fingerprint density at radius 1 is 0.560 bits per heavy atom. The van der Waals surface area contributed by atoms with Crippen LogP contribution in [0.4, 0.5) is 0 Å². The van der Waals surface area contributed by atoms with E-state index in [4.69, 9.17) is 14.2 Å². The number of rotatable bonds is 34. The fourth-order valence-electron chi connectivity index (χ4n) is 7.79. The van der Waals surface area contributed by atoms with Crippen LogP contribution in [0, 0.1) is 11.8 Å². The highest BCUT2D eigenvalue weighted by molar-refractivity contribution is 5.13. The van der Waals surface area contributed by atoms with Crippen LogP contribution in [-0.4, -0.2) is 26.1 Å². The van der Waals surface area contributed by atoms with Crippen LogP contribution in [0.25, 0.3) is 0 Å². The van der Waals surface area contributed by atoms with Crippen LogP contribution >= 0.6 is 0 Å². The number of benzene rings is 1. The maximum atomic E-state index is 5.84. The van der Waals surface area contributed by atoms with Crippen molar-refractivity contribution < 1.29 is 14.2 Å². The normalized spacial score (nSPS) is 19.2. The van der Waals surface area contributed by atoms with Crippen LogP contribution in [-0.2, 0) is 20.8 Å². The largest absolute Gasteiger partial charge is 0.377 e. The fraction of sp³-hybridized carbons (Fsp3) is 0.787. The van der Waals surface area contributed by atoms with E-state index in [9.17, 15) is 0 Å². The molecule has 2 aliphatic rings. The summed E-state index contributed by atoms with van der Waals surface area (Å²) in [4.78, 5) is 0. The summed E-state index contributed by atoms with van der Waals surface area (Å²) >= 11 is 0. The summed E-state index contributed by atoms with van der Waals surface area (Å²) in [6.45, 7) is 3.43. The standard InChI is InChI=1S/C47H80O3/c1(5-9-13-17-21-29-39-48-43-46-34-26-23-27-35-46)3-7-11-15-19-24-32-44-37-38-45(42-44)33-25-20-16-12-8-4-2-6-10-14-18-22-30-40-49-47-36-28-31-41-50-47/h19,23-24,26-27,34-35,37-38,44-45,47H,1-18,20-22,25,28-33,36,39-43H2/b24-19+/t44-,45-,47?/m0/s1. The summed E-state index contributed by atoms with van der Waals surface area (Å²) in [5.41, 5.74) is 1.28. The minimum absolute atomic E-state index is 0.0911. The maximum Gasteiger partial charge on any atom is 0.157 e. The summed E-state index contributed by atoms with van der Waals surface area (Å²) in [6.07, 6.45) is 51.0. The number of hydrogen-bond acceptors (Lipinski definition) is 3. The first-order valence-electron chi connectivity index (χ1n) is 22.1. The Hall–Kier alpha value is -1.42. The van der Waals surface area contributed by atoms with Gasteiger partial charge >= 0.3 is 0 Å². The molecular formula is C47H80O3. The summed E-state index contributed by atoms with van der Waals surface area (Å²) < 4.78 is 17.3. The van der Waals surface area contributed by atoms with Crippen molar-refractivity contribution >= 4 is 0 Å². The molecule has 0 bridgehead atoms. The molecule has 1 aliphatic heterocycles. The average Bonchev–Trinajstić information content (AvgIpc) is 3.61. The quantitative estimate of drug-likeness (QED) is 0.0531. The molecule has 1 unspecified atom stereocenters. The highest BCUT2D eigenvalue weighted by Gasteiger charge is 2.17. The van der Waals surface area contributed by atoms with E-state index in [0.717, 1.165) is 44.7 Å². The van der Waals surface area contributed by atoms with E-state index in [0.29, 0.717) is 0 Å². The third-order valence-electron chi connectivity index (χ3n) is 11.0. The second-order valence-corrected chi connectivity index (χ2v) is 15.8. The molecule has 1 aromatic rings. The topological polar surface area (TPSA) is 27.7 Å². The van der Waals surface area contributed by atoms with E-state index >= 15 is 0 Å². The summed E-state index contributed by atoms with van der Waals surface area (Å²) in [7, 11) is 0. The van der Waals surface area contributed by atoms with E-state index in [2.05, 4.69) is 54.6 Å². The van der Waals surface area contributed by atoms with Gasteiger partial charge in [0.1, 0.15) is 0 Å². The van der Waals surface area contributed by atoms with Crippen LogP contribution in [0.15, 0.2) is 54.6 Å². The molecule has 0 aromatic heterocycles. The first-order chi connectivity index (χ1) is 24.9. The zero-order valence-corrected chi connectivity index (χ0v) is 32.7. The fourth-order valence-corrected chi connectivity index (χ4v) is 7.79. The molecule has 286 valence electrons. The highest BCUT2D eigenvalue weighted by Crippen LogP contribution is 2.30. The third-order valence-corrected chi connectivity index (χ3v) is 11.0. The summed E-state index contributed by atoms with van der Waals surface area (Å²) in [5, 5.41) is 0. The Labute approximate surface area is 310 Å². The van der Waals surface area contributed by atoms with Gasteiger partial charge in [0.15, 0.2) is 6.29 Å². The number of ether oxygens (including phenoxy) is 3. The van der Waals surface area contributed by atoms with Gasteiger partial charge in [-0.25, -0.2) is 0 Å². The maximum absolute atomic E-state index is 5.84. The van der Waals surface area contributed by atoms with Crippen LogP contribution in [0.3, 0.4) is 0 Å². The van der Waals surface area contributed by atoms with Crippen LogP contribution in [0.2, 0.25) is 0 Å². The molecule has 0 saturated carbocycles. The second kappa shape index (κ2) is 32.2. The van der Waals surface area contributed by atoms with Crippen molar-refractivity contribution in [2.24, 2.45) is 11.8 Å². The molecule has 1 heterocycles. The van der Waals surface area contributed by atoms with E-state index in [1.165, 1.54) is 192 Å². The Morgan fingerprint density at radius 2 is 1.12 bits per heavy atom. The van der Waals surface area contributed by atoms with E-state index < -0.39 is 0 Å². The van der Waals surface area contributed by atoms with Crippen molar-refractivity contribution in [2.75, 3.05) is 19.8 Å². The molecule has 3 nitrogen and oxygen atoms in total. The van der Waals surface area contributed by atoms with Gasteiger partial charge < -0.3 is 14.2 Å². The van der Waals surface area contributed by atoms with Gasteiger partial charge in [-0.15, -0.1) is 0 Å². The molecule has 0 N–H and O–H groups in total. The molecule has 3 heteroatoms. The molecule has 0 spiro atoms. The van der Waals surface area contributed by atoms with Crippen molar-refractivity contribution in [2.45, 2.75) is 206 Å². The number of unbranched alkanes of at least 4 members (excludes halogenated alkanes) is 22. The van der Waals surface area contributed by atoms with Gasteiger partial charge in [0.2, 0.25) is 0 Å². The molecule has 0 radical (unpaired) electrons. The summed E-state index contributed by atoms with van der Waals surface area (Å²) in [5.74, 6) is 1.65. The zero-order valence-electron chi connectivity index (χ0n) is 32.7. The Kier molecular flexibility index (Phi) is 27.7. The zero-order chi connectivity index (χ0) is 34.8. The van der Waals surface area contributed by atoms with Crippen molar-refractivity contribution in [3.05, 3.63) is 60.2 Å². The lowest BCUT2D eigenvalue weighted by molar-refractivity contribution is -0.162. The first kappa shape index (κ1) is 43.0. The van der Waals surface area contributed by atoms with Crippen LogP contribution < -0.4 is 0 Å². The van der Waals surface area contributed by atoms with E-state index in [-0.39, 0.29) is 6.29 Å². The lowest BCUT2D eigenvalue weighted by atomic mass is 9.95. The molecule has 1 fully saturated rings. The second-order valence-electron chi connectivity index (χ2n) is 15.8. The van der Waals surface area contributed by atoms with Gasteiger partial charge in [-0.2, -0.15) is 0 Å². The molecule has 0 amide bonds. The van der Waals surface area contributed by atoms with Crippen LogP contribution in [0.5, 0.6) is 0 Å².